The zero-order chi connectivity index (χ0) is 22.9. The van der Waals surface area contributed by atoms with Gasteiger partial charge in [-0.25, -0.2) is 0 Å². The number of methoxy groups -OCH3 is 1. The molecule has 1 saturated heterocycles. The molecule has 1 aliphatic heterocycles. The molecule has 7 heteroatoms. The van der Waals surface area contributed by atoms with Gasteiger partial charge in [0, 0.05) is 31.0 Å². The highest BCUT2D eigenvalue weighted by Crippen LogP contribution is 2.52. The van der Waals surface area contributed by atoms with Crippen LogP contribution in [0, 0.1) is 29.1 Å². The molecular formula is C25H26Cl2N2O3. The van der Waals surface area contributed by atoms with Gasteiger partial charge in [0.1, 0.15) is 5.75 Å². The number of benzene rings is 2. The van der Waals surface area contributed by atoms with E-state index in [0.717, 1.165) is 17.5 Å². The van der Waals surface area contributed by atoms with Crippen molar-refractivity contribution in [2.24, 2.45) is 17.8 Å². The molecule has 0 spiro atoms. The van der Waals surface area contributed by atoms with Gasteiger partial charge in [-0.15, -0.1) is 0 Å². The smallest absolute Gasteiger partial charge is 0.227 e. The first kappa shape index (κ1) is 22.9. The Kier molecular flexibility index (Phi) is 6.67. The second-order valence-corrected chi connectivity index (χ2v) is 9.70. The molecule has 1 aliphatic carbocycles. The van der Waals surface area contributed by atoms with Crippen molar-refractivity contribution < 1.29 is 14.6 Å². The Balaban J connectivity index is 1.60. The number of carbonyl (C=O) groups is 1. The van der Waals surface area contributed by atoms with Gasteiger partial charge in [0.05, 0.1) is 35.2 Å². The number of likely N-dealkylation sites (tertiary alicyclic amines) is 1. The molecule has 2 fully saturated rings. The topological polar surface area (TPSA) is 73.6 Å². The van der Waals surface area contributed by atoms with Gasteiger partial charge in [0.25, 0.3) is 0 Å². The fourth-order valence-electron chi connectivity index (χ4n) is 5.49. The van der Waals surface area contributed by atoms with Crippen LogP contribution >= 0.6 is 23.2 Å². The Bertz CT molecular complexity index is 1050. The maximum absolute atomic E-state index is 13.1. The summed E-state index contributed by atoms with van der Waals surface area (Å²) in [6.45, 7) is 1.04. The third-order valence-corrected chi connectivity index (χ3v) is 7.67. The highest BCUT2D eigenvalue weighted by molar-refractivity contribution is 6.42. The van der Waals surface area contributed by atoms with Crippen LogP contribution in [0.25, 0.3) is 0 Å². The summed E-state index contributed by atoms with van der Waals surface area (Å²) < 4.78 is 5.55. The van der Waals surface area contributed by atoms with Gasteiger partial charge in [0.15, 0.2) is 0 Å². The van der Waals surface area contributed by atoms with Crippen molar-refractivity contribution in [2.75, 3.05) is 20.2 Å². The fraction of sp³-hybridized carbons (Fsp3) is 0.440. The Morgan fingerprint density at radius 2 is 2.03 bits per heavy atom. The third kappa shape index (κ3) is 4.32. The van der Waals surface area contributed by atoms with Gasteiger partial charge in [-0.2, -0.15) is 5.26 Å². The summed E-state index contributed by atoms with van der Waals surface area (Å²) >= 11 is 12.1. The molecule has 4 rings (SSSR count). The van der Waals surface area contributed by atoms with Crippen LogP contribution < -0.4 is 4.74 Å². The van der Waals surface area contributed by atoms with Crippen molar-refractivity contribution in [3.05, 3.63) is 63.6 Å². The van der Waals surface area contributed by atoms with Crippen LogP contribution in [0.2, 0.25) is 10.0 Å². The number of hydrogen-bond donors (Lipinski definition) is 1. The number of rotatable bonds is 5. The Morgan fingerprint density at radius 3 is 2.75 bits per heavy atom. The number of carbonyl (C=O) groups excluding carboxylic acids is 1. The molecule has 2 aliphatic rings. The van der Waals surface area contributed by atoms with Crippen molar-refractivity contribution in [1.82, 2.24) is 4.90 Å². The number of para-hydroxylation sites is 1. The molecule has 0 unspecified atom stereocenters. The molecule has 0 aromatic heterocycles. The van der Waals surface area contributed by atoms with Gasteiger partial charge >= 0.3 is 0 Å². The Morgan fingerprint density at radius 1 is 1.25 bits per heavy atom. The monoisotopic (exact) mass is 472 g/mol. The number of fused-ring (bicyclic) bond motifs is 1. The predicted molar refractivity (Wildman–Crippen MR) is 124 cm³/mol. The maximum atomic E-state index is 13.1. The molecule has 0 radical (unpaired) electrons. The summed E-state index contributed by atoms with van der Waals surface area (Å²) in [5.74, 6) is 0.700. The lowest BCUT2D eigenvalue weighted by Crippen LogP contribution is -2.46. The molecule has 2 aromatic carbocycles. The van der Waals surface area contributed by atoms with Crippen LogP contribution in [0.3, 0.4) is 0 Å². The first-order chi connectivity index (χ1) is 15.4. The zero-order valence-electron chi connectivity index (χ0n) is 17.9. The van der Waals surface area contributed by atoms with Crippen LogP contribution in [0.15, 0.2) is 42.5 Å². The van der Waals surface area contributed by atoms with E-state index in [1.165, 1.54) is 0 Å². The van der Waals surface area contributed by atoms with Crippen molar-refractivity contribution in [1.29, 1.82) is 5.26 Å². The number of hydrogen-bond acceptors (Lipinski definition) is 4. The lowest BCUT2D eigenvalue weighted by molar-refractivity contribution is -0.130. The number of aliphatic hydroxyl groups is 1. The summed E-state index contributed by atoms with van der Waals surface area (Å²) in [5, 5.41) is 22.2. The van der Waals surface area contributed by atoms with E-state index in [0.29, 0.717) is 41.7 Å². The summed E-state index contributed by atoms with van der Waals surface area (Å²) in [7, 11) is 1.59. The molecule has 1 heterocycles. The minimum Gasteiger partial charge on any atom is -0.496 e. The van der Waals surface area contributed by atoms with Crippen LogP contribution in [0.5, 0.6) is 5.75 Å². The second-order valence-electron chi connectivity index (χ2n) is 8.88. The van der Waals surface area contributed by atoms with E-state index < -0.39 is 5.60 Å². The van der Waals surface area contributed by atoms with Crippen LogP contribution in [0.4, 0.5) is 0 Å². The number of ether oxygens (including phenoxy) is 1. The standard InChI is InChI=1S/C25H26Cl2N2O3/c1-32-23-5-3-2-4-19(23)25(31)13-17(8-9-28)10-18-14-29(15-20(18)25)24(30)12-16-6-7-21(26)22(27)11-16/h2-7,11,17-18,20,31H,8,10,12-15H2,1H3/t17-,18+,20-,25-/m1/s1. The molecular weight excluding hydrogens is 447 g/mol. The zero-order valence-corrected chi connectivity index (χ0v) is 19.4. The first-order valence-electron chi connectivity index (χ1n) is 10.8. The average Bonchev–Trinajstić information content (AvgIpc) is 3.22. The van der Waals surface area contributed by atoms with E-state index in [1.54, 1.807) is 19.2 Å². The quantitative estimate of drug-likeness (QED) is 0.675. The van der Waals surface area contributed by atoms with E-state index in [1.807, 2.05) is 35.2 Å². The van der Waals surface area contributed by atoms with Gasteiger partial charge in [-0.05, 0) is 48.4 Å². The third-order valence-electron chi connectivity index (χ3n) is 6.94. The molecule has 1 N–H and O–H groups in total. The minimum absolute atomic E-state index is 0.00278. The van der Waals surface area contributed by atoms with E-state index in [4.69, 9.17) is 27.9 Å². The van der Waals surface area contributed by atoms with Crippen LogP contribution in [-0.2, 0) is 16.8 Å². The number of nitrogens with zero attached hydrogens (tertiary/aromatic N) is 2. The molecule has 5 nitrogen and oxygen atoms in total. The largest absolute Gasteiger partial charge is 0.496 e. The SMILES string of the molecule is COc1ccccc1[C@]1(O)C[C@H](CC#N)C[C@H]2CN(C(=O)Cc3ccc(Cl)c(Cl)c3)C[C@H]21. The highest BCUT2D eigenvalue weighted by Gasteiger charge is 2.53. The van der Waals surface area contributed by atoms with Crippen molar-refractivity contribution in [3.63, 3.8) is 0 Å². The van der Waals surface area contributed by atoms with E-state index in [2.05, 4.69) is 6.07 Å². The number of nitriles is 1. The second kappa shape index (κ2) is 9.31. The number of halogens is 2. The maximum Gasteiger partial charge on any atom is 0.227 e. The summed E-state index contributed by atoms with van der Waals surface area (Å²) in [4.78, 5) is 15.0. The Labute approximate surface area is 198 Å². The van der Waals surface area contributed by atoms with Crippen LogP contribution in [0.1, 0.15) is 30.4 Å². The normalized spacial score (nSPS) is 27.0. The highest BCUT2D eigenvalue weighted by atomic mass is 35.5. The van der Waals surface area contributed by atoms with Gasteiger partial charge < -0.3 is 14.7 Å². The average molecular weight is 473 g/mol. The number of amides is 1. The molecule has 32 heavy (non-hydrogen) atoms. The molecule has 4 atom stereocenters. The molecule has 0 bridgehead atoms. The van der Waals surface area contributed by atoms with E-state index in [-0.39, 0.29) is 30.1 Å². The van der Waals surface area contributed by atoms with E-state index >= 15 is 0 Å². The van der Waals surface area contributed by atoms with Gasteiger partial charge in [-0.1, -0.05) is 47.5 Å². The van der Waals surface area contributed by atoms with Crippen molar-refractivity contribution in [2.45, 2.75) is 31.3 Å². The fourth-order valence-corrected chi connectivity index (χ4v) is 5.81. The predicted octanol–water partition coefficient (Wildman–Crippen LogP) is 4.83. The van der Waals surface area contributed by atoms with Crippen LogP contribution in [-0.4, -0.2) is 36.1 Å². The van der Waals surface area contributed by atoms with Crippen molar-refractivity contribution >= 4 is 29.1 Å². The molecule has 1 amide bonds. The molecule has 168 valence electrons. The lowest BCUT2D eigenvalue weighted by Gasteiger charge is -2.45. The molecule has 2 aromatic rings. The molecule has 1 saturated carbocycles. The summed E-state index contributed by atoms with van der Waals surface area (Å²) in [6, 6.07) is 15.0. The summed E-state index contributed by atoms with van der Waals surface area (Å²) in [5.41, 5.74) is 0.385. The van der Waals surface area contributed by atoms with Gasteiger partial charge in [0.2, 0.25) is 5.91 Å². The first-order valence-corrected chi connectivity index (χ1v) is 11.6. The summed E-state index contributed by atoms with van der Waals surface area (Å²) in [6.07, 6.45) is 1.92. The lowest BCUT2D eigenvalue weighted by atomic mass is 9.63. The van der Waals surface area contributed by atoms with Crippen molar-refractivity contribution in [3.8, 4) is 11.8 Å². The Hall–Kier alpha value is -2.26. The van der Waals surface area contributed by atoms with E-state index in [9.17, 15) is 15.2 Å². The minimum atomic E-state index is -1.16. The van der Waals surface area contributed by atoms with Gasteiger partial charge in [-0.3, -0.25) is 4.79 Å².